The molecule has 2 aliphatic rings. The van der Waals surface area contributed by atoms with Crippen LogP contribution in [-0.4, -0.2) is 71.4 Å². The van der Waals surface area contributed by atoms with Crippen LogP contribution in [0.2, 0.25) is 0 Å². The van der Waals surface area contributed by atoms with Crippen LogP contribution in [0.1, 0.15) is 37.0 Å². The van der Waals surface area contributed by atoms with Crippen molar-refractivity contribution in [2.24, 2.45) is 5.92 Å². The number of carbonyl (C=O) groups is 3. The number of benzene rings is 1. The fraction of sp³-hybridized carbons (Fsp3) is 0.357. The van der Waals surface area contributed by atoms with Gasteiger partial charge in [0.25, 0.3) is 15.9 Å². The second-order valence-electron chi connectivity index (χ2n) is 10.2. The van der Waals surface area contributed by atoms with E-state index in [0.717, 1.165) is 10.4 Å². The molecule has 3 atom stereocenters. The number of thiophene rings is 1. The summed E-state index contributed by atoms with van der Waals surface area (Å²) >= 11 is 1.61. The highest BCUT2D eigenvalue weighted by molar-refractivity contribution is 7.89. The number of nitrogens with zero attached hydrogens (tertiary/aromatic N) is 3. The van der Waals surface area contributed by atoms with Crippen LogP contribution in [0.25, 0.3) is 10.4 Å². The maximum atomic E-state index is 13.8. The zero-order valence-electron chi connectivity index (χ0n) is 21.7. The molecule has 2 fully saturated rings. The molecule has 0 radical (unpaired) electrons. The highest BCUT2D eigenvalue weighted by Crippen LogP contribution is 2.34. The number of nitrogens with one attached hydrogen (secondary N) is 1. The maximum absolute atomic E-state index is 13.8. The van der Waals surface area contributed by atoms with Crippen molar-refractivity contribution in [3.8, 4) is 10.4 Å². The molecule has 9 nitrogen and oxygen atoms in total. The number of amides is 2. The Morgan fingerprint density at radius 2 is 1.87 bits per heavy atom. The van der Waals surface area contributed by atoms with Crippen LogP contribution in [0.4, 0.5) is 0 Å². The molecule has 0 spiro atoms. The van der Waals surface area contributed by atoms with Gasteiger partial charge in [-0.15, -0.1) is 11.3 Å². The van der Waals surface area contributed by atoms with E-state index in [1.165, 1.54) is 21.5 Å². The van der Waals surface area contributed by atoms with Crippen molar-refractivity contribution in [2.75, 3.05) is 13.1 Å². The highest BCUT2D eigenvalue weighted by atomic mass is 32.2. The van der Waals surface area contributed by atoms with E-state index >= 15 is 0 Å². The second-order valence-corrected chi connectivity index (χ2v) is 13.0. The summed E-state index contributed by atoms with van der Waals surface area (Å²) in [5.41, 5.74) is 1.44. The van der Waals surface area contributed by atoms with Crippen LogP contribution >= 0.6 is 11.3 Å². The highest BCUT2D eigenvalue weighted by Gasteiger charge is 2.54. The van der Waals surface area contributed by atoms with E-state index in [9.17, 15) is 22.8 Å². The van der Waals surface area contributed by atoms with E-state index in [2.05, 4.69) is 10.3 Å². The first kappa shape index (κ1) is 27.2. The Morgan fingerprint density at radius 3 is 2.51 bits per heavy atom. The van der Waals surface area contributed by atoms with Crippen LogP contribution in [-0.2, 0) is 19.6 Å². The summed E-state index contributed by atoms with van der Waals surface area (Å²) in [6.45, 7) is 3.83. The van der Waals surface area contributed by atoms with Gasteiger partial charge in [-0.05, 0) is 60.0 Å². The number of hydrogen-bond donors (Lipinski definition) is 1. The number of sulfonamides is 1. The van der Waals surface area contributed by atoms with Gasteiger partial charge in [0.1, 0.15) is 12.1 Å². The van der Waals surface area contributed by atoms with E-state index < -0.39 is 28.1 Å². The number of Topliss-reactive ketones (excluding diaryl/α,β-unsaturated/α-hetero) is 1. The van der Waals surface area contributed by atoms with Crippen molar-refractivity contribution >= 4 is 39.0 Å². The van der Waals surface area contributed by atoms with Gasteiger partial charge >= 0.3 is 0 Å². The van der Waals surface area contributed by atoms with Gasteiger partial charge in [0.05, 0.1) is 12.6 Å². The van der Waals surface area contributed by atoms with E-state index in [1.54, 1.807) is 35.6 Å². The molecule has 39 heavy (non-hydrogen) atoms. The molecule has 3 unspecified atom stereocenters. The lowest BCUT2D eigenvalue weighted by Gasteiger charge is -2.29. The topological polar surface area (TPSA) is 117 Å². The molecule has 0 saturated carbocycles. The minimum atomic E-state index is -3.99. The molecular formula is C28H30N4O5S2. The van der Waals surface area contributed by atoms with Crippen molar-refractivity contribution in [3.63, 3.8) is 0 Å². The third kappa shape index (κ3) is 5.39. The number of aromatic nitrogens is 1. The molecule has 2 saturated heterocycles. The molecule has 0 bridgehead atoms. The first-order valence-corrected chi connectivity index (χ1v) is 15.2. The fourth-order valence-corrected chi connectivity index (χ4v) is 7.62. The van der Waals surface area contributed by atoms with E-state index in [4.69, 9.17) is 0 Å². The molecule has 0 aliphatic carbocycles. The predicted octanol–water partition coefficient (Wildman–Crippen LogP) is 3.20. The number of fused-ring (bicyclic) bond motifs is 1. The largest absolute Gasteiger partial charge is 0.340 e. The minimum absolute atomic E-state index is 0.0964. The Hall–Kier alpha value is -3.41. The van der Waals surface area contributed by atoms with E-state index in [0.29, 0.717) is 18.4 Å². The molecule has 2 aliphatic heterocycles. The quantitative estimate of drug-likeness (QED) is 0.448. The average molecular weight is 567 g/mol. The van der Waals surface area contributed by atoms with E-state index in [-0.39, 0.29) is 41.6 Å². The van der Waals surface area contributed by atoms with E-state index in [1.807, 2.05) is 43.5 Å². The smallest absolute Gasteiger partial charge is 0.261 e. The Bertz CT molecular complexity index is 1460. The molecule has 204 valence electrons. The van der Waals surface area contributed by atoms with Crippen molar-refractivity contribution in [1.29, 1.82) is 0 Å². The van der Waals surface area contributed by atoms with Crippen LogP contribution in [0.3, 0.4) is 0 Å². The molecule has 2 amide bonds. The lowest BCUT2D eigenvalue weighted by Crippen LogP contribution is -2.53. The normalized spacial score (nSPS) is 20.3. The molecule has 11 heteroatoms. The third-order valence-electron chi connectivity index (χ3n) is 7.13. The summed E-state index contributed by atoms with van der Waals surface area (Å²) in [4.78, 5) is 46.5. The first-order chi connectivity index (χ1) is 18.7. The van der Waals surface area contributed by atoms with Gasteiger partial charge in [-0.2, -0.15) is 4.31 Å². The molecule has 5 rings (SSSR count). The Kier molecular flexibility index (Phi) is 7.66. The van der Waals surface area contributed by atoms with Gasteiger partial charge in [-0.25, -0.2) is 13.4 Å². The number of rotatable bonds is 8. The Labute approximate surface area is 231 Å². The molecule has 1 N–H and O–H groups in total. The van der Waals surface area contributed by atoms with Crippen LogP contribution in [0.15, 0.2) is 71.2 Å². The molecule has 2 aromatic heterocycles. The summed E-state index contributed by atoms with van der Waals surface area (Å²) in [6, 6.07) is 13.4. The Balaban J connectivity index is 1.33. The standard InChI is InChI=1S/C28H30N4O5S2/c1-18(2)16-21(30-27(34)20-10-8-19(9-11-20)24-6-5-15-38-24)28(35)31-14-12-22-26(31)23(33)17-32(22)39(36,37)25-7-3-4-13-29-25/h3-11,13,15,18,21-22,26H,12,14,16-17H2,1-2H3,(H,30,34). The maximum Gasteiger partial charge on any atom is 0.261 e. The van der Waals surface area contributed by atoms with Gasteiger partial charge in [-0.3, -0.25) is 14.4 Å². The third-order valence-corrected chi connectivity index (χ3v) is 9.84. The first-order valence-electron chi connectivity index (χ1n) is 12.9. The monoisotopic (exact) mass is 566 g/mol. The van der Waals surface area contributed by atoms with Gasteiger partial charge in [0.15, 0.2) is 10.8 Å². The van der Waals surface area contributed by atoms with Crippen molar-refractivity contribution < 1.29 is 22.8 Å². The molecule has 1 aromatic carbocycles. The summed E-state index contributed by atoms with van der Waals surface area (Å²) < 4.78 is 27.6. The zero-order valence-corrected chi connectivity index (χ0v) is 23.3. The number of hydrogen-bond acceptors (Lipinski definition) is 7. The molecule has 3 aromatic rings. The van der Waals surface area contributed by atoms with Crippen molar-refractivity contribution in [1.82, 2.24) is 19.5 Å². The van der Waals surface area contributed by atoms with Crippen LogP contribution < -0.4 is 5.32 Å². The molecular weight excluding hydrogens is 536 g/mol. The number of ketones is 1. The molecule has 4 heterocycles. The zero-order chi connectivity index (χ0) is 27.7. The van der Waals surface area contributed by atoms with Crippen molar-refractivity contribution in [2.45, 2.75) is 49.8 Å². The summed E-state index contributed by atoms with van der Waals surface area (Å²) in [5.74, 6) is -0.979. The van der Waals surface area contributed by atoms with Gasteiger partial charge in [-0.1, -0.05) is 38.1 Å². The average Bonchev–Trinajstić information content (AvgIpc) is 3.67. The predicted molar refractivity (Wildman–Crippen MR) is 148 cm³/mol. The second kappa shape index (κ2) is 11.0. The summed E-state index contributed by atoms with van der Waals surface area (Å²) in [5, 5.41) is 4.74. The van der Waals surface area contributed by atoms with Gasteiger partial charge in [0.2, 0.25) is 5.91 Å². The fourth-order valence-electron chi connectivity index (χ4n) is 5.32. The van der Waals surface area contributed by atoms with Crippen molar-refractivity contribution in [3.05, 3.63) is 71.7 Å². The minimum Gasteiger partial charge on any atom is -0.340 e. The Morgan fingerprint density at radius 1 is 1.10 bits per heavy atom. The van der Waals surface area contributed by atoms with Crippen LogP contribution in [0, 0.1) is 5.92 Å². The SMILES string of the molecule is CC(C)CC(NC(=O)c1ccc(-c2cccs2)cc1)C(=O)N1CCC2C1C(=O)CN2S(=O)(=O)c1ccccn1. The summed E-state index contributed by atoms with van der Waals surface area (Å²) in [6.07, 6.45) is 2.11. The van der Waals surface area contributed by atoms with Gasteiger partial charge < -0.3 is 10.2 Å². The van der Waals surface area contributed by atoms with Gasteiger partial charge in [0, 0.05) is 23.2 Å². The lowest BCUT2D eigenvalue weighted by molar-refractivity contribution is -0.138. The van der Waals surface area contributed by atoms with Crippen LogP contribution in [0.5, 0.6) is 0 Å². The number of pyridine rings is 1. The summed E-state index contributed by atoms with van der Waals surface area (Å²) in [7, 11) is -3.99. The number of carbonyl (C=O) groups excluding carboxylic acids is 3. The number of likely N-dealkylation sites (tertiary alicyclic amines) is 1. The lowest BCUT2D eigenvalue weighted by atomic mass is 10.0.